The highest BCUT2D eigenvalue weighted by Gasteiger charge is 2.60. The Morgan fingerprint density at radius 3 is 2.50 bits per heavy atom. The minimum atomic E-state index is -4.95. The van der Waals surface area contributed by atoms with Gasteiger partial charge in [-0.25, -0.2) is 4.98 Å². The monoisotopic (exact) mass is 416 g/mol. The minimum Gasteiger partial charge on any atom is -0.350 e. The van der Waals surface area contributed by atoms with Gasteiger partial charge < -0.3 is 15.3 Å². The van der Waals surface area contributed by atoms with Gasteiger partial charge in [0.05, 0.1) is 29.4 Å². The largest absolute Gasteiger partial charge is 0.458 e. The molecule has 1 aliphatic rings. The molecule has 0 saturated carbocycles. The molecule has 2 heterocycles. The molecule has 1 aromatic heterocycles. The standard InChI is InChI=1S/C20H15F3N4O3/c21-20(22,23)19(29)9-16(27-30-19)13-7-5-12(6-8-13)10-25-18(28)17-11-24-14-3-1-2-4-15(14)26-17/h1-8,11,29H,9-10H2,(H,25,28). The first-order valence-corrected chi connectivity index (χ1v) is 8.89. The Morgan fingerprint density at radius 1 is 1.13 bits per heavy atom. The molecule has 0 aliphatic carbocycles. The average Bonchev–Trinajstić information content (AvgIpc) is 3.15. The fourth-order valence-corrected chi connectivity index (χ4v) is 2.88. The predicted molar refractivity (Wildman–Crippen MR) is 100 cm³/mol. The second-order valence-corrected chi connectivity index (χ2v) is 6.71. The summed E-state index contributed by atoms with van der Waals surface area (Å²) in [5.74, 6) is -3.71. The second-order valence-electron chi connectivity index (χ2n) is 6.71. The van der Waals surface area contributed by atoms with Gasteiger partial charge in [0, 0.05) is 6.54 Å². The number of rotatable bonds is 4. The summed E-state index contributed by atoms with van der Waals surface area (Å²) in [6.07, 6.45) is -4.36. The van der Waals surface area contributed by atoms with E-state index in [2.05, 4.69) is 25.3 Å². The van der Waals surface area contributed by atoms with E-state index in [1.165, 1.54) is 6.20 Å². The number of oxime groups is 1. The number of nitrogens with zero attached hydrogens (tertiary/aromatic N) is 3. The lowest BCUT2D eigenvalue weighted by molar-refractivity contribution is -0.355. The Balaban J connectivity index is 1.38. The smallest absolute Gasteiger partial charge is 0.350 e. The molecular formula is C20H15F3N4O3. The third-order valence-corrected chi connectivity index (χ3v) is 4.58. The maximum Gasteiger partial charge on any atom is 0.458 e. The van der Waals surface area contributed by atoms with Gasteiger partial charge in [-0.3, -0.25) is 9.78 Å². The van der Waals surface area contributed by atoms with Crippen LogP contribution in [0.3, 0.4) is 0 Å². The molecular weight excluding hydrogens is 401 g/mol. The first kappa shape index (κ1) is 19.8. The number of para-hydroxylation sites is 2. The van der Waals surface area contributed by atoms with Crippen LogP contribution in [0.15, 0.2) is 59.9 Å². The first-order chi connectivity index (χ1) is 14.2. The number of alkyl halides is 3. The highest BCUT2D eigenvalue weighted by molar-refractivity contribution is 6.01. The number of halogens is 3. The van der Waals surface area contributed by atoms with Gasteiger partial charge in [0.15, 0.2) is 0 Å². The van der Waals surface area contributed by atoms with Gasteiger partial charge in [-0.2, -0.15) is 13.2 Å². The Morgan fingerprint density at radius 2 is 1.83 bits per heavy atom. The van der Waals surface area contributed by atoms with E-state index in [1.54, 1.807) is 42.5 Å². The van der Waals surface area contributed by atoms with Crippen LogP contribution < -0.4 is 5.32 Å². The van der Waals surface area contributed by atoms with E-state index in [1.807, 2.05) is 6.07 Å². The van der Waals surface area contributed by atoms with Crippen molar-refractivity contribution < 1.29 is 27.9 Å². The Hall–Kier alpha value is -3.53. The summed E-state index contributed by atoms with van der Waals surface area (Å²) in [5, 5.41) is 15.6. The molecule has 0 saturated heterocycles. The van der Waals surface area contributed by atoms with E-state index in [4.69, 9.17) is 0 Å². The van der Waals surface area contributed by atoms with Crippen molar-refractivity contribution in [1.29, 1.82) is 0 Å². The SMILES string of the molecule is O=C(NCc1ccc(C2=NOC(O)(C(F)(F)F)C2)cc1)c1cnc2ccccc2n1. The van der Waals surface area contributed by atoms with Gasteiger partial charge in [-0.1, -0.05) is 41.6 Å². The van der Waals surface area contributed by atoms with Crippen molar-refractivity contribution in [3.63, 3.8) is 0 Å². The molecule has 0 radical (unpaired) electrons. The maximum atomic E-state index is 12.8. The number of amides is 1. The van der Waals surface area contributed by atoms with Crippen molar-refractivity contribution in [1.82, 2.24) is 15.3 Å². The van der Waals surface area contributed by atoms with E-state index < -0.39 is 24.3 Å². The summed E-state index contributed by atoms with van der Waals surface area (Å²) < 4.78 is 38.4. The van der Waals surface area contributed by atoms with Gasteiger partial charge >= 0.3 is 12.0 Å². The zero-order valence-electron chi connectivity index (χ0n) is 15.3. The highest BCUT2D eigenvalue weighted by atomic mass is 19.4. The maximum absolute atomic E-state index is 12.8. The van der Waals surface area contributed by atoms with E-state index in [0.717, 1.165) is 0 Å². The van der Waals surface area contributed by atoms with Gasteiger partial charge in [0.2, 0.25) is 0 Å². The molecule has 7 nitrogen and oxygen atoms in total. The number of nitrogens with one attached hydrogen (secondary N) is 1. The summed E-state index contributed by atoms with van der Waals surface area (Å²) in [4.78, 5) is 25.0. The van der Waals surface area contributed by atoms with Crippen LogP contribution in [0, 0.1) is 0 Å². The molecule has 0 bridgehead atoms. The number of hydrogen-bond donors (Lipinski definition) is 2. The fraction of sp³-hybridized carbons (Fsp3) is 0.200. The van der Waals surface area contributed by atoms with Crippen LogP contribution in [0.4, 0.5) is 13.2 Å². The lowest BCUT2D eigenvalue weighted by Gasteiger charge is -2.22. The Labute approximate surface area is 168 Å². The van der Waals surface area contributed by atoms with Gasteiger partial charge in [-0.15, -0.1) is 0 Å². The van der Waals surface area contributed by atoms with E-state index in [-0.39, 0.29) is 18.0 Å². The predicted octanol–water partition coefficient (Wildman–Crippen LogP) is 2.94. The number of hydrogen-bond acceptors (Lipinski definition) is 6. The Kier molecular flexibility index (Phi) is 4.86. The highest BCUT2D eigenvalue weighted by Crippen LogP contribution is 2.38. The summed E-state index contributed by atoms with van der Waals surface area (Å²) in [7, 11) is 0. The summed E-state index contributed by atoms with van der Waals surface area (Å²) in [6.45, 7) is 0.184. The van der Waals surface area contributed by atoms with Gasteiger partial charge in [0.25, 0.3) is 5.91 Å². The van der Waals surface area contributed by atoms with E-state index >= 15 is 0 Å². The number of carbonyl (C=O) groups excluding carboxylic acids is 1. The number of benzene rings is 2. The zero-order chi connectivity index (χ0) is 21.4. The van der Waals surface area contributed by atoms with Crippen LogP contribution in [0.5, 0.6) is 0 Å². The third-order valence-electron chi connectivity index (χ3n) is 4.58. The number of fused-ring (bicyclic) bond motifs is 1. The molecule has 1 aliphatic heterocycles. The van der Waals surface area contributed by atoms with Crippen molar-refractivity contribution >= 4 is 22.7 Å². The Bertz CT molecular complexity index is 1130. The summed E-state index contributed by atoms with van der Waals surface area (Å²) >= 11 is 0. The van der Waals surface area contributed by atoms with Crippen molar-refractivity contribution in [3.8, 4) is 0 Å². The number of carbonyl (C=O) groups is 1. The lowest BCUT2D eigenvalue weighted by Crippen LogP contribution is -2.45. The molecule has 154 valence electrons. The molecule has 0 spiro atoms. The summed E-state index contributed by atoms with van der Waals surface area (Å²) in [6, 6.07) is 13.5. The van der Waals surface area contributed by atoms with Crippen LogP contribution in [0.1, 0.15) is 28.0 Å². The third kappa shape index (κ3) is 3.81. The number of aromatic nitrogens is 2. The minimum absolute atomic E-state index is 0.0168. The van der Waals surface area contributed by atoms with Crippen molar-refractivity contribution in [2.45, 2.75) is 24.9 Å². The molecule has 30 heavy (non-hydrogen) atoms. The molecule has 1 amide bonds. The summed E-state index contributed by atoms with van der Waals surface area (Å²) in [5.41, 5.74) is 2.54. The lowest BCUT2D eigenvalue weighted by atomic mass is 10.0. The topological polar surface area (TPSA) is 96.7 Å². The van der Waals surface area contributed by atoms with Crippen LogP contribution in [0.2, 0.25) is 0 Å². The van der Waals surface area contributed by atoms with Crippen molar-refractivity contribution in [2.75, 3.05) is 0 Å². The quantitative estimate of drug-likeness (QED) is 0.682. The van der Waals surface area contributed by atoms with Crippen LogP contribution in [-0.4, -0.2) is 38.7 Å². The average molecular weight is 416 g/mol. The molecule has 3 aromatic rings. The fourth-order valence-electron chi connectivity index (χ4n) is 2.88. The van der Waals surface area contributed by atoms with Gasteiger partial charge in [-0.05, 0) is 23.3 Å². The van der Waals surface area contributed by atoms with E-state index in [0.29, 0.717) is 22.2 Å². The molecule has 0 fully saturated rings. The van der Waals surface area contributed by atoms with E-state index in [9.17, 15) is 23.1 Å². The second kappa shape index (κ2) is 7.38. The van der Waals surface area contributed by atoms with Crippen molar-refractivity contribution in [2.24, 2.45) is 5.16 Å². The molecule has 4 rings (SSSR count). The van der Waals surface area contributed by atoms with Gasteiger partial charge in [0.1, 0.15) is 5.69 Å². The zero-order valence-corrected chi connectivity index (χ0v) is 15.3. The first-order valence-electron chi connectivity index (χ1n) is 8.89. The molecule has 10 heteroatoms. The molecule has 1 unspecified atom stereocenters. The van der Waals surface area contributed by atoms with Crippen LogP contribution >= 0.6 is 0 Å². The molecule has 2 N–H and O–H groups in total. The normalized spacial score (nSPS) is 18.7. The molecule has 2 aromatic carbocycles. The van der Waals surface area contributed by atoms with Crippen LogP contribution in [0.25, 0.3) is 11.0 Å². The number of aliphatic hydroxyl groups is 1. The molecule has 1 atom stereocenters. The van der Waals surface area contributed by atoms with Crippen molar-refractivity contribution in [3.05, 3.63) is 71.5 Å². The van der Waals surface area contributed by atoms with Crippen LogP contribution in [-0.2, 0) is 11.4 Å².